The highest BCUT2D eigenvalue weighted by atomic mass is 79.9. The molecule has 0 aliphatic carbocycles. The third kappa shape index (κ3) is 2.80. The van der Waals surface area contributed by atoms with Gasteiger partial charge in [0, 0.05) is 42.2 Å². The van der Waals surface area contributed by atoms with E-state index in [1.54, 1.807) is 4.57 Å². The minimum absolute atomic E-state index is 0.141. The summed E-state index contributed by atoms with van der Waals surface area (Å²) in [5.41, 5.74) is 0.971. The molecule has 5 heteroatoms. The number of hydrogen-bond acceptors (Lipinski definition) is 3. The molecule has 0 N–H and O–H groups in total. The van der Waals surface area contributed by atoms with Crippen molar-refractivity contribution in [3.63, 3.8) is 0 Å². The second-order valence-electron chi connectivity index (χ2n) is 5.36. The molecule has 1 fully saturated rings. The maximum atomic E-state index is 12.5. The molecule has 0 unspecified atom stereocenters. The van der Waals surface area contributed by atoms with E-state index >= 15 is 0 Å². The van der Waals surface area contributed by atoms with Crippen LogP contribution in [-0.4, -0.2) is 60.0 Å². The fraction of sp³-hybridized carbons (Fsp3) is 0.400. The Kier molecular flexibility index (Phi) is 3.92. The van der Waals surface area contributed by atoms with E-state index in [1.165, 1.54) is 0 Å². The lowest BCUT2D eigenvalue weighted by Gasteiger charge is -2.31. The Morgan fingerprint density at radius 3 is 2.70 bits per heavy atom. The maximum Gasteiger partial charge on any atom is 0.245 e. The maximum absolute atomic E-state index is 12.5. The van der Waals surface area contributed by atoms with Gasteiger partial charge in [0.1, 0.15) is 0 Å². The van der Waals surface area contributed by atoms with Gasteiger partial charge in [0.25, 0.3) is 0 Å². The van der Waals surface area contributed by atoms with Gasteiger partial charge in [-0.15, -0.1) is 0 Å². The molecule has 1 aliphatic rings. The van der Waals surface area contributed by atoms with Crippen molar-refractivity contribution in [3.8, 4) is 0 Å². The number of likely N-dealkylation sites (N-methyl/N-ethyl adjacent to an activating group) is 1. The lowest BCUT2D eigenvalue weighted by Crippen LogP contribution is -2.46. The van der Waals surface area contributed by atoms with E-state index in [9.17, 15) is 4.79 Å². The number of rotatable bonds is 2. The lowest BCUT2D eigenvalue weighted by molar-refractivity contribution is 0.0801. The monoisotopic (exact) mass is 335 g/mol. The van der Waals surface area contributed by atoms with E-state index in [0.717, 1.165) is 41.6 Å². The predicted molar refractivity (Wildman–Crippen MR) is 84.2 cm³/mol. The fourth-order valence-electron chi connectivity index (χ4n) is 2.59. The normalized spacial score (nSPS) is 17.7. The summed E-state index contributed by atoms with van der Waals surface area (Å²) in [6, 6.07) is 8.01. The number of nitrogens with zero attached hydrogens (tertiary/aromatic N) is 3. The molecule has 0 radical (unpaired) electrons. The van der Waals surface area contributed by atoms with Crippen LogP contribution in [0.5, 0.6) is 0 Å². The van der Waals surface area contributed by atoms with Gasteiger partial charge in [-0.2, -0.15) is 0 Å². The molecule has 0 spiro atoms. The SMILES string of the molecule is CN1CCN(CC(=O)n2ccc3ccc(Br)cc32)CC1. The van der Waals surface area contributed by atoms with Gasteiger partial charge >= 0.3 is 0 Å². The molecule has 20 heavy (non-hydrogen) atoms. The van der Waals surface area contributed by atoms with Crippen LogP contribution in [0, 0.1) is 0 Å². The first-order valence-electron chi connectivity index (χ1n) is 6.84. The summed E-state index contributed by atoms with van der Waals surface area (Å²) >= 11 is 3.46. The molecule has 0 amide bonds. The standard InChI is InChI=1S/C15H18BrN3O/c1-17-6-8-18(9-7-17)11-15(20)19-5-4-12-2-3-13(16)10-14(12)19/h2-5,10H,6-9,11H2,1H3. The molecule has 2 aromatic rings. The summed E-state index contributed by atoms with van der Waals surface area (Å²) in [6.07, 6.45) is 1.87. The van der Waals surface area contributed by atoms with E-state index in [4.69, 9.17) is 0 Å². The van der Waals surface area contributed by atoms with E-state index in [2.05, 4.69) is 32.8 Å². The topological polar surface area (TPSA) is 28.5 Å². The number of carbonyl (C=O) groups excluding carboxylic acids is 1. The average Bonchev–Trinajstić information content (AvgIpc) is 2.84. The van der Waals surface area contributed by atoms with Crippen molar-refractivity contribution in [2.45, 2.75) is 0 Å². The third-order valence-electron chi connectivity index (χ3n) is 3.88. The smallest absolute Gasteiger partial charge is 0.245 e. The van der Waals surface area contributed by atoms with Gasteiger partial charge < -0.3 is 4.90 Å². The van der Waals surface area contributed by atoms with Crippen LogP contribution in [0.25, 0.3) is 10.9 Å². The van der Waals surface area contributed by atoms with Crippen molar-refractivity contribution in [1.82, 2.24) is 14.4 Å². The van der Waals surface area contributed by atoms with Gasteiger partial charge in [-0.05, 0) is 25.2 Å². The number of halogens is 1. The van der Waals surface area contributed by atoms with E-state index < -0.39 is 0 Å². The summed E-state index contributed by atoms with van der Waals surface area (Å²) in [6.45, 7) is 4.48. The molecule has 1 aromatic heterocycles. The zero-order valence-corrected chi connectivity index (χ0v) is 13.1. The Balaban J connectivity index is 1.77. The van der Waals surface area contributed by atoms with Gasteiger partial charge in [0.05, 0.1) is 12.1 Å². The second-order valence-corrected chi connectivity index (χ2v) is 6.28. The van der Waals surface area contributed by atoms with Gasteiger partial charge in [0.2, 0.25) is 5.91 Å². The van der Waals surface area contributed by atoms with Crippen molar-refractivity contribution in [2.24, 2.45) is 0 Å². The number of piperazine rings is 1. The third-order valence-corrected chi connectivity index (χ3v) is 4.37. The molecule has 0 atom stereocenters. The molecule has 1 aromatic carbocycles. The molecule has 1 saturated heterocycles. The van der Waals surface area contributed by atoms with E-state index in [-0.39, 0.29) is 5.91 Å². The second kappa shape index (κ2) is 5.68. The Morgan fingerprint density at radius 1 is 1.20 bits per heavy atom. The summed E-state index contributed by atoms with van der Waals surface area (Å²) in [7, 11) is 2.12. The number of aromatic nitrogens is 1. The lowest BCUT2D eigenvalue weighted by atomic mass is 10.2. The van der Waals surface area contributed by atoms with Gasteiger partial charge in [0.15, 0.2) is 0 Å². The van der Waals surface area contributed by atoms with Gasteiger partial charge in [-0.25, -0.2) is 0 Å². The molecule has 0 bridgehead atoms. The molecule has 106 valence electrons. The molecule has 1 aliphatic heterocycles. The van der Waals surface area contributed by atoms with Crippen molar-refractivity contribution in [1.29, 1.82) is 0 Å². The van der Waals surface area contributed by atoms with Crippen molar-refractivity contribution in [2.75, 3.05) is 39.8 Å². The Bertz CT molecular complexity index is 629. The van der Waals surface area contributed by atoms with E-state index in [0.29, 0.717) is 6.54 Å². The van der Waals surface area contributed by atoms with Gasteiger partial charge in [-0.1, -0.05) is 22.0 Å². The molecular weight excluding hydrogens is 318 g/mol. The van der Waals surface area contributed by atoms with Crippen LogP contribution in [-0.2, 0) is 0 Å². The first kappa shape index (κ1) is 13.8. The number of fused-ring (bicyclic) bond motifs is 1. The van der Waals surface area contributed by atoms with Crippen molar-refractivity contribution >= 4 is 32.7 Å². The first-order valence-corrected chi connectivity index (χ1v) is 7.63. The Morgan fingerprint density at radius 2 is 1.95 bits per heavy atom. The highest BCUT2D eigenvalue weighted by molar-refractivity contribution is 9.10. The molecule has 4 nitrogen and oxygen atoms in total. The average molecular weight is 336 g/mol. The number of hydrogen-bond donors (Lipinski definition) is 0. The summed E-state index contributed by atoms with van der Waals surface area (Å²) in [4.78, 5) is 17.0. The zero-order chi connectivity index (χ0) is 14.1. The van der Waals surface area contributed by atoms with Crippen LogP contribution in [0.1, 0.15) is 4.79 Å². The minimum atomic E-state index is 0.141. The Hall–Kier alpha value is -1.17. The van der Waals surface area contributed by atoms with Crippen LogP contribution >= 0.6 is 15.9 Å². The number of benzene rings is 1. The van der Waals surface area contributed by atoms with Crippen LogP contribution in [0.4, 0.5) is 0 Å². The summed E-state index contributed by atoms with van der Waals surface area (Å²) < 4.78 is 2.76. The van der Waals surface area contributed by atoms with E-state index in [1.807, 2.05) is 30.5 Å². The first-order chi connectivity index (χ1) is 9.63. The molecule has 0 saturated carbocycles. The highest BCUT2D eigenvalue weighted by Crippen LogP contribution is 2.21. The number of carbonyl (C=O) groups is 1. The highest BCUT2D eigenvalue weighted by Gasteiger charge is 2.18. The quantitative estimate of drug-likeness (QED) is 0.843. The molecular formula is C15H18BrN3O. The fourth-order valence-corrected chi connectivity index (χ4v) is 2.94. The predicted octanol–water partition coefficient (Wildman–Crippen LogP) is 2.29. The van der Waals surface area contributed by atoms with Crippen molar-refractivity contribution in [3.05, 3.63) is 34.9 Å². The van der Waals surface area contributed by atoms with Crippen LogP contribution < -0.4 is 0 Å². The Labute approximate surface area is 127 Å². The summed E-state index contributed by atoms with van der Waals surface area (Å²) in [5, 5.41) is 1.10. The molecule has 2 heterocycles. The summed E-state index contributed by atoms with van der Waals surface area (Å²) in [5.74, 6) is 0.141. The minimum Gasteiger partial charge on any atom is -0.304 e. The van der Waals surface area contributed by atoms with Crippen LogP contribution in [0.15, 0.2) is 34.9 Å². The largest absolute Gasteiger partial charge is 0.304 e. The van der Waals surface area contributed by atoms with Crippen LogP contribution in [0.2, 0.25) is 0 Å². The van der Waals surface area contributed by atoms with Crippen LogP contribution in [0.3, 0.4) is 0 Å². The zero-order valence-electron chi connectivity index (χ0n) is 11.6. The molecule has 3 rings (SSSR count). The van der Waals surface area contributed by atoms with Crippen molar-refractivity contribution < 1.29 is 4.79 Å². The van der Waals surface area contributed by atoms with Gasteiger partial charge in [-0.3, -0.25) is 14.3 Å².